The van der Waals surface area contributed by atoms with Gasteiger partial charge >= 0.3 is 0 Å². The summed E-state index contributed by atoms with van der Waals surface area (Å²) in [5.74, 6) is 1.53. The Balaban J connectivity index is 1.61. The summed E-state index contributed by atoms with van der Waals surface area (Å²) in [6, 6.07) is 12.5. The number of ether oxygens (including phenoxy) is 2. The predicted molar refractivity (Wildman–Crippen MR) is 115 cm³/mol. The number of aliphatic imine (C=N–C) groups is 2. The smallest absolute Gasteiger partial charge is 0.258 e. The average Bonchev–Trinajstić information content (AvgIpc) is 3.46. The van der Waals surface area contributed by atoms with E-state index in [9.17, 15) is 10.4 Å². The number of hydrogen-bond donors (Lipinski definition) is 1. The van der Waals surface area contributed by atoms with E-state index in [2.05, 4.69) is 9.98 Å². The molecule has 10 heteroatoms. The second-order valence-corrected chi connectivity index (χ2v) is 7.67. The molecular weight excluding hydrogens is 424 g/mol. The van der Waals surface area contributed by atoms with Gasteiger partial charge < -0.3 is 19.0 Å². The highest BCUT2D eigenvalue weighted by Crippen LogP contribution is 2.31. The van der Waals surface area contributed by atoms with Gasteiger partial charge in [0.15, 0.2) is 3.95 Å². The lowest BCUT2D eigenvalue weighted by Gasteiger charge is -2.02. The van der Waals surface area contributed by atoms with E-state index in [1.165, 1.54) is 17.4 Å². The molecule has 0 radical (unpaired) electrons. The van der Waals surface area contributed by atoms with Crippen LogP contribution in [0.2, 0.25) is 0 Å². The molecule has 8 nitrogen and oxygen atoms in total. The van der Waals surface area contributed by atoms with E-state index >= 15 is 0 Å². The highest BCUT2D eigenvalue weighted by atomic mass is 32.1. The zero-order valence-electron chi connectivity index (χ0n) is 15.6. The highest BCUT2D eigenvalue weighted by molar-refractivity contribution is 7.73. The SMILES string of the molecule is COc1ccc(N=C2OC(=Cc3sc(=S)n(Cc4ccco4)c3O)N=C2C#N)cc1. The number of benzene rings is 1. The number of nitriles is 1. The zero-order chi connectivity index (χ0) is 21.1. The van der Waals surface area contributed by atoms with Gasteiger partial charge in [-0.3, -0.25) is 4.57 Å². The normalized spacial score (nSPS) is 15.8. The minimum Gasteiger partial charge on any atom is -0.497 e. The Morgan fingerprint density at radius 1 is 1.37 bits per heavy atom. The number of hydrogen-bond acceptors (Lipinski definition) is 9. The van der Waals surface area contributed by atoms with Crippen molar-refractivity contribution < 1.29 is 19.0 Å². The summed E-state index contributed by atoms with van der Waals surface area (Å²) in [5, 5.41) is 19.9. The van der Waals surface area contributed by atoms with Gasteiger partial charge in [0.25, 0.3) is 5.90 Å². The van der Waals surface area contributed by atoms with Gasteiger partial charge in [0.05, 0.1) is 30.5 Å². The maximum Gasteiger partial charge on any atom is 0.258 e. The standard InChI is InChI=1S/C20H14N4O4S2/c1-26-13-6-4-12(5-7-13)22-18-15(10-21)23-17(28-18)9-16-19(25)24(20(29)30-16)11-14-3-2-8-27-14/h2-9,25H,11H2,1H3. The summed E-state index contributed by atoms with van der Waals surface area (Å²) in [4.78, 5) is 8.91. The van der Waals surface area contributed by atoms with Crippen molar-refractivity contribution in [1.82, 2.24) is 4.57 Å². The molecule has 0 spiro atoms. The summed E-state index contributed by atoms with van der Waals surface area (Å²) < 4.78 is 18.1. The molecule has 0 bridgehead atoms. The van der Waals surface area contributed by atoms with Gasteiger partial charge in [0, 0.05) is 6.08 Å². The molecule has 1 aliphatic rings. The minimum absolute atomic E-state index is 0.0354. The van der Waals surface area contributed by atoms with Crippen LogP contribution in [0.25, 0.3) is 6.08 Å². The van der Waals surface area contributed by atoms with E-state index < -0.39 is 0 Å². The number of rotatable bonds is 5. The molecule has 1 N–H and O–H groups in total. The van der Waals surface area contributed by atoms with Crippen molar-refractivity contribution in [3.63, 3.8) is 0 Å². The quantitative estimate of drug-likeness (QED) is 0.581. The number of aromatic nitrogens is 1. The molecular formula is C20H14N4O4S2. The number of nitrogens with zero attached hydrogens (tertiary/aromatic N) is 4. The van der Waals surface area contributed by atoms with Crippen LogP contribution in [0.5, 0.6) is 11.6 Å². The van der Waals surface area contributed by atoms with E-state index in [1.54, 1.807) is 54.3 Å². The van der Waals surface area contributed by atoms with Crippen LogP contribution in [0.4, 0.5) is 5.69 Å². The largest absolute Gasteiger partial charge is 0.497 e. The Labute approximate surface area is 180 Å². The van der Waals surface area contributed by atoms with Gasteiger partial charge in [-0.2, -0.15) is 10.3 Å². The third-order valence-corrected chi connectivity index (χ3v) is 5.46. The third kappa shape index (κ3) is 4.03. The molecule has 30 heavy (non-hydrogen) atoms. The van der Waals surface area contributed by atoms with Crippen LogP contribution in [-0.2, 0) is 11.3 Å². The fourth-order valence-corrected chi connectivity index (χ4v) is 3.86. The molecule has 2 aromatic heterocycles. The van der Waals surface area contributed by atoms with E-state index in [0.29, 0.717) is 32.6 Å². The first-order valence-electron chi connectivity index (χ1n) is 8.64. The Morgan fingerprint density at radius 2 is 2.17 bits per heavy atom. The first-order valence-corrected chi connectivity index (χ1v) is 9.86. The topological polar surface area (TPSA) is 105 Å². The van der Waals surface area contributed by atoms with Gasteiger partial charge in [-0.25, -0.2) is 4.99 Å². The summed E-state index contributed by atoms with van der Waals surface area (Å²) >= 11 is 6.53. The van der Waals surface area contributed by atoms with Gasteiger partial charge in [-0.1, -0.05) is 0 Å². The molecule has 3 aromatic rings. The molecule has 0 saturated heterocycles. The van der Waals surface area contributed by atoms with Crippen LogP contribution in [0, 0.1) is 15.3 Å². The van der Waals surface area contributed by atoms with Crippen molar-refractivity contribution in [1.29, 1.82) is 5.26 Å². The maximum absolute atomic E-state index is 10.6. The molecule has 3 heterocycles. The van der Waals surface area contributed by atoms with Crippen LogP contribution >= 0.6 is 23.6 Å². The second kappa shape index (κ2) is 8.36. The third-order valence-electron chi connectivity index (χ3n) is 4.08. The molecule has 1 aliphatic heterocycles. The van der Waals surface area contributed by atoms with E-state index in [-0.39, 0.29) is 23.4 Å². The van der Waals surface area contributed by atoms with Gasteiger partial charge in [0.2, 0.25) is 17.5 Å². The first-order chi connectivity index (χ1) is 14.6. The molecule has 0 atom stereocenters. The number of methoxy groups -OCH3 is 1. The summed E-state index contributed by atoms with van der Waals surface area (Å²) in [5.41, 5.74) is 0.619. The Bertz CT molecular complexity index is 1260. The average molecular weight is 438 g/mol. The van der Waals surface area contributed by atoms with Crippen LogP contribution in [0.3, 0.4) is 0 Å². The summed E-state index contributed by atoms with van der Waals surface area (Å²) in [6.07, 6.45) is 3.07. The minimum atomic E-state index is -0.0354. The zero-order valence-corrected chi connectivity index (χ0v) is 17.2. The fourth-order valence-electron chi connectivity index (χ4n) is 2.63. The molecule has 0 amide bonds. The number of furan rings is 1. The number of aromatic hydroxyl groups is 1. The summed E-state index contributed by atoms with van der Waals surface area (Å²) in [7, 11) is 1.57. The van der Waals surface area contributed by atoms with Gasteiger partial charge in [0.1, 0.15) is 17.6 Å². The highest BCUT2D eigenvalue weighted by Gasteiger charge is 2.23. The van der Waals surface area contributed by atoms with Crippen LogP contribution in [-0.4, -0.2) is 28.4 Å². The van der Waals surface area contributed by atoms with Crippen LogP contribution < -0.4 is 4.74 Å². The molecule has 0 aliphatic carbocycles. The van der Waals surface area contributed by atoms with Gasteiger partial charge in [-0.15, -0.1) is 11.3 Å². The monoisotopic (exact) mass is 438 g/mol. The van der Waals surface area contributed by atoms with Crippen LogP contribution in [0.15, 0.2) is 62.9 Å². The molecule has 0 saturated carbocycles. The molecule has 150 valence electrons. The maximum atomic E-state index is 10.6. The Kier molecular flexibility index (Phi) is 5.47. The van der Waals surface area contributed by atoms with E-state index in [1.807, 2.05) is 6.07 Å². The summed E-state index contributed by atoms with van der Waals surface area (Å²) in [6.45, 7) is 0.301. The second-order valence-electron chi connectivity index (χ2n) is 5.99. The lowest BCUT2D eigenvalue weighted by molar-refractivity contribution is 0.405. The Morgan fingerprint density at radius 3 is 2.83 bits per heavy atom. The molecule has 0 fully saturated rings. The lowest BCUT2D eigenvalue weighted by Crippen LogP contribution is -2.07. The first kappa shape index (κ1) is 19.6. The van der Waals surface area contributed by atoms with Gasteiger partial charge in [-0.05, 0) is 48.6 Å². The van der Waals surface area contributed by atoms with Crippen molar-refractivity contribution in [2.24, 2.45) is 9.98 Å². The van der Waals surface area contributed by atoms with Crippen molar-refractivity contribution in [2.45, 2.75) is 6.54 Å². The van der Waals surface area contributed by atoms with Crippen molar-refractivity contribution >= 4 is 46.9 Å². The molecule has 0 unspecified atom stereocenters. The molecule has 1 aromatic carbocycles. The molecule has 4 rings (SSSR count). The number of thiazole rings is 1. The predicted octanol–water partition coefficient (Wildman–Crippen LogP) is 4.66. The van der Waals surface area contributed by atoms with Crippen molar-refractivity contribution in [3.05, 3.63) is 63.1 Å². The van der Waals surface area contributed by atoms with Crippen molar-refractivity contribution in [3.8, 4) is 17.7 Å². The van der Waals surface area contributed by atoms with Crippen LogP contribution in [0.1, 0.15) is 10.6 Å². The van der Waals surface area contributed by atoms with E-state index in [4.69, 9.17) is 26.1 Å². The van der Waals surface area contributed by atoms with Crippen molar-refractivity contribution in [2.75, 3.05) is 7.11 Å². The lowest BCUT2D eigenvalue weighted by atomic mass is 10.3. The Hall–Kier alpha value is -3.68. The van der Waals surface area contributed by atoms with E-state index in [0.717, 1.165) is 0 Å². The fraction of sp³-hybridized carbons (Fsp3) is 0.100.